The molecule has 1 aliphatic rings. The van der Waals surface area contributed by atoms with Crippen LogP contribution in [-0.2, 0) is 17.9 Å². The van der Waals surface area contributed by atoms with Crippen molar-refractivity contribution in [2.24, 2.45) is 0 Å². The molecule has 8 nitrogen and oxygen atoms in total. The predicted molar refractivity (Wildman–Crippen MR) is 95.6 cm³/mol. The third kappa shape index (κ3) is 2.58. The van der Waals surface area contributed by atoms with Crippen molar-refractivity contribution in [3.05, 3.63) is 52.0 Å². The van der Waals surface area contributed by atoms with Gasteiger partial charge in [0, 0.05) is 11.9 Å². The number of aryl methyl sites for hydroxylation is 2. The van der Waals surface area contributed by atoms with E-state index in [-0.39, 0.29) is 24.1 Å². The smallest absolute Gasteiger partial charge is 0.275 e. The average molecular weight is 352 g/mol. The number of aromatic nitrogens is 5. The summed E-state index contributed by atoms with van der Waals surface area (Å²) >= 11 is 0. The Hall–Kier alpha value is -3.03. The normalized spacial score (nSPS) is 16.7. The summed E-state index contributed by atoms with van der Waals surface area (Å²) in [6, 6.07) is 7.42. The summed E-state index contributed by atoms with van der Waals surface area (Å²) in [4.78, 5) is 27.2. The number of amides is 1. The lowest BCUT2D eigenvalue weighted by atomic mass is 10.1. The number of benzene rings is 1. The van der Waals surface area contributed by atoms with Gasteiger partial charge in [0.05, 0.1) is 23.7 Å². The quantitative estimate of drug-likeness (QED) is 0.692. The number of hydrogen-bond acceptors (Lipinski definition) is 5. The first-order valence-corrected chi connectivity index (χ1v) is 8.60. The van der Waals surface area contributed by atoms with Crippen LogP contribution in [0.15, 0.2) is 29.1 Å². The van der Waals surface area contributed by atoms with Gasteiger partial charge in [-0.05, 0) is 26.8 Å². The molecule has 0 unspecified atom stereocenters. The average Bonchev–Trinajstić information content (AvgIpc) is 3.01. The Morgan fingerprint density at radius 3 is 2.69 bits per heavy atom. The molecule has 1 atom stereocenters. The Kier molecular flexibility index (Phi) is 3.82. The highest BCUT2D eigenvalue weighted by Crippen LogP contribution is 2.21. The van der Waals surface area contributed by atoms with Gasteiger partial charge < -0.3 is 9.47 Å². The predicted octanol–water partition coefficient (Wildman–Crippen LogP) is 1.21. The zero-order valence-corrected chi connectivity index (χ0v) is 15.0. The van der Waals surface area contributed by atoms with Crippen LogP contribution in [0.3, 0.4) is 0 Å². The Bertz CT molecular complexity index is 1070. The minimum atomic E-state index is -0.247. The summed E-state index contributed by atoms with van der Waals surface area (Å²) in [5, 5.41) is 14.0. The van der Waals surface area contributed by atoms with Crippen molar-refractivity contribution in [3.63, 3.8) is 0 Å². The van der Waals surface area contributed by atoms with Gasteiger partial charge in [0.2, 0.25) is 5.91 Å². The highest BCUT2D eigenvalue weighted by atomic mass is 16.2. The summed E-state index contributed by atoms with van der Waals surface area (Å²) in [5.74, 6) is 1.47. The van der Waals surface area contributed by atoms with Crippen LogP contribution in [0.4, 0.5) is 0 Å². The molecule has 3 heterocycles. The largest absolute Gasteiger partial charge is 0.331 e. The molecule has 1 aliphatic heterocycles. The van der Waals surface area contributed by atoms with E-state index in [9.17, 15) is 9.59 Å². The fourth-order valence-corrected chi connectivity index (χ4v) is 3.66. The molecule has 0 N–H and O–H groups in total. The van der Waals surface area contributed by atoms with Gasteiger partial charge in [0.1, 0.15) is 12.4 Å². The summed E-state index contributed by atoms with van der Waals surface area (Å²) in [6.45, 7) is 6.66. The van der Waals surface area contributed by atoms with Crippen LogP contribution < -0.4 is 5.56 Å². The van der Waals surface area contributed by atoms with Crippen molar-refractivity contribution in [1.82, 2.24) is 29.4 Å². The molecule has 8 heteroatoms. The number of hydrogen-bond donors (Lipinski definition) is 0. The van der Waals surface area contributed by atoms with E-state index in [4.69, 9.17) is 0 Å². The summed E-state index contributed by atoms with van der Waals surface area (Å²) in [7, 11) is 0. The minimum absolute atomic E-state index is 0.0790. The minimum Gasteiger partial charge on any atom is -0.331 e. The molecule has 4 rings (SSSR count). The molecule has 1 aromatic carbocycles. The zero-order valence-electron chi connectivity index (χ0n) is 15.0. The SMILES string of the molecule is Cc1nn(CC(=O)N2Cc3nnc(C)n3[C@H](C)C2)c(=O)c2ccccc12. The van der Waals surface area contributed by atoms with Crippen LogP contribution in [0.2, 0.25) is 0 Å². The lowest BCUT2D eigenvalue weighted by molar-refractivity contribution is -0.134. The lowest BCUT2D eigenvalue weighted by Gasteiger charge is -2.32. The van der Waals surface area contributed by atoms with Crippen molar-refractivity contribution in [1.29, 1.82) is 0 Å². The molecule has 0 aliphatic carbocycles. The maximum absolute atomic E-state index is 12.8. The molecular formula is C18H20N6O2. The van der Waals surface area contributed by atoms with E-state index in [1.54, 1.807) is 11.0 Å². The first-order valence-electron chi connectivity index (χ1n) is 8.60. The number of fused-ring (bicyclic) bond motifs is 2. The molecule has 1 amide bonds. The second-order valence-electron chi connectivity index (χ2n) is 6.75. The van der Waals surface area contributed by atoms with E-state index < -0.39 is 0 Å². The molecule has 0 spiro atoms. The van der Waals surface area contributed by atoms with Crippen LogP contribution in [-0.4, -0.2) is 41.9 Å². The van der Waals surface area contributed by atoms with E-state index in [0.29, 0.717) is 18.5 Å². The van der Waals surface area contributed by atoms with Crippen LogP contribution in [0, 0.1) is 13.8 Å². The second kappa shape index (κ2) is 6.05. The lowest BCUT2D eigenvalue weighted by Crippen LogP contribution is -2.43. The van der Waals surface area contributed by atoms with Crippen molar-refractivity contribution < 1.29 is 4.79 Å². The van der Waals surface area contributed by atoms with E-state index in [2.05, 4.69) is 15.3 Å². The number of rotatable bonds is 2. The molecule has 2 aromatic heterocycles. The molecule has 0 saturated carbocycles. The van der Waals surface area contributed by atoms with Gasteiger partial charge >= 0.3 is 0 Å². The highest BCUT2D eigenvalue weighted by molar-refractivity contribution is 5.83. The van der Waals surface area contributed by atoms with Crippen LogP contribution in [0.1, 0.15) is 30.3 Å². The van der Waals surface area contributed by atoms with E-state index in [0.717, 1.165) is 22.7 Å². The fraction of sp³-hybridized carbons (Fsp3) is 0.389. The fourth-order valence-electron chi connectivity index (χ4n) is 3.66. The van der Waals surface area contributed by atoms with Crippen LogP contribution >= 0.6 is 0 Å². The Morgan fingerprint density at radius 1 is 1.19 bits per heavy atom. The number of carbonyl (C=O) groups excluding carboxylic acids is 1. The van der Waals surface area contributed by atoms with Gasteiger partial charge in [-0.15, -0.1) is 10.2 Å². The van der Waals surface area contributed by atoms with Crippen LogP contribution in [0.5, 0.6) is 0 Å². The van der Waals surface area contributed by atoms with Gasteiger partial charge in [-0.25, -0.2) is 4.68 Å². The van der Waals surface area contributed by atoms with Gasteiger partial charge in [-0.3, -0.25) is 9.59 Å². The number of nitrogens with zero attached hydrogens (tertiary/aromatic N) is 6. The van der Waals surface area contributed by atoms with Crippen molar-refractivity contribution >= 4 is 16.7 Å². The maximum Gasteiger partial charge on any atom is 0.275 e. The molecule has 134 valence electrons. The van der Waals surface area contributed by atoms with Crippen molar-refractivity contribution in [2.45, 2.75) is 39.9 Å². The number of carbonyl (C=O) groups is 1. The summed E-state index contributed by atoms with van der Waals surface area (Å²) < 4.78 is 3.31. The molecular weight excluding hydrogens is 332 g/mol. The van der Waals surface area contributed by atoms with Crippen LogP contribution in [0.25, 0.3) is 10.8 Å². The Balaban J connectivity index is 1.62. The molecule has 0 bridgehead atoms. The highest BCUT2D eigenvalue weighted by Gasteiger charge is 2.28. The summed E-state index contributed by atoms with van der Waals surface area (Å²) in [6.07, 6.45) is 0. The summed E-state index contributed by atoms with van der Waals surface area (Å²) in [5.41, 5.74) is 0.485. The van der Waals surface area contributed by atoms with E-state index >= 15 is 0 Å². The molecule has 26 heavy (non-hydrogen) atoms. The van der Waals surface area contributed by atoms with Gasteiger partial charge in [0.15, 0.2) is 5.82 Å². The molecule has 3 aromatic rings. The third-order valence-corrected chi connectivity index (χ3v) is 4.88. The third-order valence-electron chi connectivity index (χ3n) is 4.88. The zero-order chi connectivity index (χ0) is 18.4. The van der Waals surface area contributed by atoms with Crippen molar-refractivity contribution in [2.75, 3.05) is 6.54 Å². The molecule has 0 radical (unpaired) electrons. The maximum atomic E-state index is 12.8. The van der Waals surface area contributed by atoms with E-state index in [1.165, 1.54) is 4.68 Å². The van der Waals surface area contributed by atoms with Gasteiger partial charge in [-0.1, -0.05) is 18.2 Å². The topological polar surface area (TPSA) is 85.9 Å². The second-order valence-corrected chi connectivity index (χ2v) is 6.75. The first kappa shape index (κ1) is 16.4. The molecule has 0 fully saturated rings. The standard InChI is InChI=1S/C18H20N6O2/c1-11-8-22(9-16-20-19-13(3)24(11)16)17(25)10-23-18(26)15-7-5-4-6-14(15)12(2)21-23/h4-7,11H,8-10H2,1-3H3/t11-/m1/s1. The van der Waals surface area contributed by atoms with Crippen molar-refractivity contribution in [3.8, 4) is 0 Å². The molecule has 0 saturated heterocycles. The van der Waals surface area contributed by atoms with Gasteiger partial charge in [0.25, 0.3) is 5.56 Å². The van der Waals surface area contributed by atoms with E-state index in [1.807, 2.05) is 43.5 Å². The Labute approximate surface area is 150 Å². The van der Waals surface area contributed by atoms with Gasteiger partial charge in [-0.2, -0.15) is 5.10 Å². The Morgan fingerprint density at radius 2 is 1.92 bits per heavy atom. The first-order chi connectivity index (χ1) is 12.5. The monoisotopic (exact) mass is 352 g/mol.